The van der Waals surface area contributed by atoms with Gasteiger partial charge in [0.2, 0.25) is 0 Å². The van der Waals surface area contributed by atoms with E-state index in [9.17, 15) is 9.59 Å². The molecule has 0 bridgehead atoms. The number of anilines is 1. The minimum atomic E-state index is -1.08. The molecule has 0 atom stereocenters. The van der Waals surface area contributed by atoms with Crippen LogP contribution in [0.1, 0.15) is 5.56 Å². The minimum Gasteiger partial charge on any atom is -0.478 e. The molecule has 98 valence electrons. The third-order valence-electron chi connectivity index (χ3n) is 2.78. The number of hydrogen-bond acceptors (Lipinski definition) is 3. The number of aromatic nitrogens is 1. The lowest BCUT2D eigenvalue weighted by Gasteiger charge is -2.12. The number of hydrogen-bond donors (Lipinski definition) is 2. The second-order valence-electron chi connectivity index (χ2n) is 4.39. The molecule has 0 aliphatic rings. The number of aliphatic carboxylic acids is 1. The van der Waals surface area contributed by atoms with Gasteiger partial charge in [-0.25, -0.2) is 4.79 Å². The lowest BCUT2D eigenvalue weighted by molar-refractivity contribution is -0.131. The fourth-order valence-electron chi connectivity index (χ4n) is 1.77. The van der Waals surface area contributed by atoms with Crippen molar-refractivity contribution in [3.63, 3.8) is 0 Å². The van der Waals surface area contributed by atoms with Gasteiger partial charge in [0.15, 0.2) is 0 Å². The van der Waals surface area contributed by atoms with Gasteiger partial charge in [-0.3, -0.25) is 4.79 Å². The molecule has 0 aliphatic heterocycles. The third-order valence-corrected chi connectivity index (χ3v) is 2.78. The minimum absolute atomic E-state index is 0.305. The zero-order valence-corrected chi connectivity index (χ0v) is 10.7. The number of fused-ring (bicyclic) bond motifs is 1. The molecule has 0 amide bonds. The third kappa shape index (κ3) is 2.82. The van der Waals surface area contributed by atoms with Gasteiger partial charge >= 0.3 is 5.97 Å². The summed E-state index contributed by atoms with van der Waals surface area (Å²) in [5.74, 6) is -1.08. The van der Waals surface area contributed by atoms with E-state index in [2.05, 4.69) is 4.98 Å². The smallest absolute Gasteiger partial charge is 0.328 e. The Labute approximate surface area is 109 Å². The van der Waals surface area contributed by atoms with Crippen LogP contribution in [-0.4, -0.2) is 30.2 Å². The van der Waals surface area contributed by atoms with Crippen molar-refractivity contribution in [2.75, 3.05) is 19.0 Å². The molecule has 1 aromatic carbocycles. The Balaban J connectivity index is 2.55. The van der Waals surface area contributed by atoms with Crippen molar-refractivity contribution in [2.24, 2.45) is 0 Å². The van der Waals surface area contributed by atoms with E-state index in [-0.39, 0.29) is 5.56 Å². The van der Waals surface area contributed by atoms with E-state index in [0.29, 0.717) is 5.56 Å². The van der Waals surface area contributed by atoms with Crippen LogP contribution in [0.15, 0.2) is 35.1 Å². The Hall–Kier alpha value is -2.56. The lowest BCUT2D eigenvalue weighted by Crippen LogP contribution is -2.11. The van der Waals surface area contributed by atoms with Crippen LogP contribution in [0.3, 0.4) is 0 Å². The first-order valence-corrected chi connectivity index (χ1v) is 5.73. The predicted octanol–water partition coefficient (Wildman–Crippen LogP) is 1.69. The Morgan fingerprint density at radius 1 is 1.32 bits per heavy atom. The molecule has 0 fully saturated rings. The lowest BCUT2D eigenvalue weighted by atomic mass is 10.1. The summed E-state index contributed by atoms with van der Waals surface area (Å²) >= 11 is 0. The zero-order valence-electron chi connectivity index (χ0n) is 10.7. The van der Waals surface area contributed by atoms with Crippen molar-refractivity contribution >= 4 is 28.6 Å². The number of rotatable bonds is 3. The number of benzene rings is 1. The van der Waals surface area contributed by atoms with E-state index >= 15 is 0 Å². The highest BCUT2D eigenvalue weighted by Crippen LogP contribution is 2.19. The maximum Gasteiger partial charge on any atom is 0.328 e. The molecule has 1 aromatic heterocycles. The van der Waals surface area contributed by atoms with Gasteiger partial charge in [-0.15, -0.1) is 0 Å². The van der Waals surface area contributed by atoms with Crippen LogP contribution >= 0.6 is 0 Å². The van der Waals surface area contributed by atoms with Crippen molar-refractivity contribution < 1.29 is 9.90 Å². The second kappa shape index (κ2) is 4.97. The number of carbonyl (C=O) groups is 1. The summed E-state index contributed by atoms with van der Waals surface area (Å²) < 4.78 is 0. The van der Waals surface area contributed by atoms with Crippen molar-refractivity contribution in [3.05, 3.63) is 46.3 Å². The first kappa shape index (κ1) is 12.9. The maximum absolute atomic E-state index is 11.8. The molecule has 19 heavy (non-hydrogen) atoms. The van der Waals surface area contributed by atoms with Gasteiger partial charge in [0, 0.05) is 31.4 Å². The van der Waals surface area contributed by atoms with E-state index in [1.165, 1.54) is 6.08 Å². The standard InChI is InChI=1S/C14H14N2O3/c1-16(2)11-5-3-9-7-10(4-6-13(17)18)14(19)15-12(9)8-11/h3-8H,1-2H3,(H,15,19)(H,17,18). The molecule has 5 heteroatoms. The average Bonchev–Trinajstić information content (AvgIpc) is 2.35. The molecule has 0 saturated carbocycles. The molecule has 0 saturated heterocycles. The van der Waals surface area contributed by atoms with Gasteiger partial charge in [-0.1, -0.05) is 6.07 Å². The molecule has 0 spiro atoms. The van der Waals surface area contributed by atoms with E-state index in [1.807, 2.05) is 37.2 Å². The quantitative estimate of drug-likeness (QED) is 0.822. The van der Waals surface area contributed by atoms with Gasteiger partial charge in [-0.2, -0.15) is 0 Å². The van der Waals surface area contributed by atoms with Crippen molar-refractivity contribution in [1.29, 1.82) is 0 Å². The van der Waals surface area contributed by atoms with E-state index in [1.54, 1.807) is 6.07 Å². The number of H-pyrrole nitrogens is 1. The summed E-state index contributed by atoms with van der Waals surface area (Å²) in [6.07, 6.45) is 2.24. The van der Waals surface area contributed by atoms with Crippen LogP contribution in [0.4, 0.5) is 5.69 Å². The van der Waals surface area contributed by atoms with Crippen molar-refractivity contribution in [1.82, 2.24) is 4.98 Å². The molecule has 2 N–H and O–H groups in total. The topological polar surface area (TPSA) is 73.4 Å². The molecule has 0 aliphatic carbocycles. The van der Waals surface area contributed by atoms with Crippen LogP contribution in [0.25, 0.3) is 17.0 Å². The molecular weight excluding hydrogens is 244 g/mol. The molecule has 5 nitrogen and oxygen atoms in total. The predicted molar refractivity (Wildman–Crippen MR) is 75.6 cm³/mol. The van der Waals surface area contributed by atoms with Crippen molar-refractivity contribution in [3.8, 4) is 0 Å². The summed E-state index contributed by atoms with van der Waals surface area (Å²) in [4.78, 5) is 27.0. The Morgan fingerprint density at radius 3 is 2.68 bits per heavy atom. The summed E-state index contributed by atoms with van der Waals surface area (Å²) in [7, 11) is 3.84. The fraction of sp³-hybridized carbons (Fsp3) is 0.143. The fourth-order valence-corrected chi connectivity index (χ4v) is 1.77. The van der Waals surface area contributed by atoms with E-state index < -0.39 is 5.97 Å². The van der Waals surface area contributed by atoms with Gasteiger partial charge in [0.25, 0.3) is 5.56 Å². The number of nitrogens with one attached hydrogen (secondary N) is 1. The summed E-state index contributed by atoms with van der Waals surface area (Å²) in [6.45, 7) is 0. The monoisotopic (exact) mass is 258 g/mol. The van der Waals surface area contributed by atoms with Gasteiger partial charge in [-0.05, 0) is 29.7 Å². The second-order valence-corrected chi connectivity index (χ2v) is 4.39. The highest BCUT2D eigenvalue weighted by molar-refractivity contribution is 5.88. The molecule has 2 aromatic rings. The summed E-state index contributed by atoms with van der Waals surface area (Å²) in [6, 6.07) is 7.37. The van der Waals surface area contributed by atoms with Crippen LogP contribution in [0.5, 0.6) is 0 Å². The van der Waals surface area contributed by atoms with Crippen LogP contribution in [0.2, 0.25) is 0 Å². The molecule has 0 unspecified atom stereocenters. The van der Waals surface area contributed by atoms with Gasteiger partial charge in [0.05, 0.1) is 5.52 Å². The number of nitrogens with zero attached hydrogens (tertiary/aromatic N) is 1. The summed E-state index contributed by atoms with van der Waals surface area (Å²) in [5.41, 5.74) is 1.73. The Bertz CT molecular complexity index is 714. The highest BCUT2D eigenvalue weighted by atomic mass is 16.4. The first-order valence-electron chi connectivity index (χ1n) is 5.73. The Morgan fingerprint density at radius 2 is 2.05 bits per heavy atom. The first-order chi connectivity index (χ1) is 8.97. The van der Waals surface area contributed by atoms with Gasteiger partial charge in [0.1, 0.15) is 0 Å². The van der Waals surface area contributed by atoms with Gasteiger partial charge < -0.3 is 15.0 Å². The number of aromatic amines is 1. The van der Waals surface area contributed by atoms with Crippen LogP contribution in [0, 0.1) is 0 Å². The Kier molecular flexibility index (Phi) is 3.37. The average molecular weight is 258 g/mol. The number of carboxylic acids is 1. The zero-order chi connectivity index (χ0) is 14.0. The molecular formula is C14H14N2O3. The van der Waals surface area contributed by atoms with Crippen LogP contribution < -0.4 is 10.5 Å². The molecule has 2 rings (SSSR count). The van der Waals surface area contributed by atoms with E-state index in [0.717, 1.165) is 22.7 Å². The molecule has 1 heterocycles. The van der Waals surface area contributed by atoms with E-state index in [4.69, 9.17) is 5.11 Å². The maximum atomic E-state index is 11.8. The highest BCUT2D eigenvalue weighted by Gasteiger charge is 2.03. The largest absolute Gasteiger partial charge is 0.478 e. The molecule has 0 radical (unpaired) electrons. The number of pyridine rings is 1. The number of carboxylic acid groups (broad SMARTS) is 1. The van der Waals surface area contributed by atoms with Crippen LogP contribution in [-0.2, 0) is 4.79 Å². The normalized spacial score (nSPS) is 11.1. The SMILES string of the molecule is CN(C)c1ccc2cc(C=CC(=O)O)c(=O)[nH]c2c1. The van der Waals surface area contributed by atoms with Crippen molar-refractivity contribution in [2.45, 2.75) is 0 Å². The summed E-state index contributed by atoms with van der Waals surface area (Å²) in [5, 5.41) is 9.43.